The highest BCUT2D eigenvalue weighted by Crippen LogP contribution is 2.21. The molecule has 1 nitrogen and oxygen atoms in total. The van der Waals surface area contributed by atoms with Crippen LogP contribution >= 0.6 is 15.9 Å². The first-order valence-electron chi connectivity index (χ1n) is 4.66. The lowest BCUT2D eigenvalue weighted by molar-refractivity contribution is 0.146. The molecule has 0 unspecified atom stereocenters. The topological polar surface area (TPSA) is 12.9 Å². The van der Waals surface area contributed by atoms with Gasteiger partial charge in [-0.15, -0.1) is 0 Å². The fourth-order valence-electron chi connectivity index (χ4n) is 0.534. The summed E-state index contributed by atoms with van der Waals surface area (Å²) in [5.41, 5.74) is -0.946. The minimum absolute atomic E-state index is 0.000532. The highest BCUT2D eigenvalue weighted by molar-refractivity contribution is 9.10. The van der Waals surface area contributed by atoms with Crippen LogP contribution in [0.15, 0.2) is 16.7 Å². The van der Waals surface area contributed by atoms with Crippen molar-refractivity contribution < 1.29 is 14.3 Å². The van der Waals surface area contributed by atoms with Crippen molar-refractivity contribution in [1.82, 2.24) is 4.98 Å². The van der Waals surface area contributed by atoms with Crippen LogP contribution in [0.2, 0.25) is 0 Å². The van der Waals surface area contributed by atoms with Crippen LogP contribution in [-0.2, 0) is 0 Å². The summed E-state index contributed by atoms with van der Waals surface area (Å²) >= 11 is 2.86. The Morgan fingerprint density at radius 3 is 3.00 bits per heavy atom. The SMILES string of the molecule is [2H]C([2H])([2H])c1cnc(C([2H])(F)F)cc1Br. The summed E-state index contributed by atoms with van der Waals surface area (Å²) in [5.74, 6) is 0. The van der Waals surface area contributed by atoms with Crippen LogP contribution in [0, 0.1) is 6.85 Å². The maximum atomic E-state index is 12.5. The highest BCUT2D eigenvalue weighted by Gasteiger charge is 2.08. The average molecular weight is 226 g/mol. The molecule has 1 aromatic rings. The number of pyridine rings is 1. The Labute approximate surface area is 77.2 Å². The lowest BCUT2D eigenvalue weighted by Gasteiger charge is -2.00. The Morgan fingerprint density at radius 1 is 1.82 bits per heavy atom. The molecular weight excluding hydrogens is 216 g/mol. The monoisotopic (exact) mass is 225 g/mol. The number of halogens is 3. The van der Waals surface area contributed by atoms with Crippen LogP contribution in [0.3, 0.4) is 0 Å². The summed E-state index contributed by atoms with van der Waals surface area (Å²) in [6, 6.07) is 0.842. The number of hydrogen-bond donors (Lipinski definition) is 0. The van der Waals surface area contributed by atoms with E-state index in [0.717, 1.165) is 12.3 Å². The molecule has 0 aliphatic heterocycles. The van der Waals surface area contributed by atoms with Crippen LogP contribution < -0.4 is 0 Å². The number of hydrogen-bond acceptors (Lipinski definition) is 1. The molecule has 1 rings (SSSR count). The van der Waals surface area contributed by atoms with Gasteiger partial charge in [-0.2, -0.15) is 0 Å². The zero-order chi connectivity index (χ0) is 11.9. The number of aromatic nitrogens is 1. The van der Waals surface area contributed by atoms with E-state index < -0.39 is 18.9 Å². The minimum atomic E-state index is -3.82. The van der Waals surface area contributed by atoms with E-state index in [0.29, 0.717) is 0 Å². The highest BCUT2D eigenvalue weighted by atomic mass is 79.9. The van der Waals surface area contributed by atoms with Crippen LogP contribution in [0.4, 0.5) is 8.78 Å². The van der Waals surface area contributed by atoms with Gasteiger partial charge in [0.1, 0.15) is 7.06 Å². The molecule has 0 aliphatic rings. The Balaban J connectivity index is 3.21. The van der Waals surface area contributed by atoms with Crippen molar-refractivity contribution in [3.05, 3.63) is 28.0 Å². The van der Waals surface area contributed by atoms with Gasteiger partial charge in [0.25, 0.3) is 6.40 Å². The van der Waals surface area contributed by atoms with E-state index in [-0.39, 0.29) is 10.0 Å². The van der Waals surface area contributed by atoms with E-state index >= 15 is 0 Å². The summed E-state index contributed by atoms with van der Waals surface area (Å²) < 4.78 is 52.7. The van der Waals surface area contributed by atoms with Gasteiger partial charge < -0.3 is 0 Å². The Bertz CT molecular complexity index is 374. The van der Waals surface area contributed by atoms with E-state index in [1.165, 1.54) is 0 Å². The van der Waals surface area contributed by atoms with E-state index in [1.807, 2.05) is 0 Å². The fourth-order valence-corrected chi connectivity index (χ4v) is 0.853. The zero-order valence-electron chi connectivity index (χ0n) is 9.24. The number of rotatable bonds is 1. The lowest BCUT2D eigenvalue weighted by atomic mass is 10.3. The van der Waals surface area contributed by atoms with Crippen LogP contribution in [0.1, 0.15) is 23.1 Å². The van der Waals surface area contributed by atoms with Crippen molar-refractivity contribution in [3.8, 4) is 0 Å². The lowest BCUT2D eigenvalue weighted by Crippen LogP contribution is -1.90. The first-order valence-corrected chi connectivity index (χ1v) is 3.46. The fraction of sp³-hybridized carbons (Fsp3) is 0.286. The van der Waals surface area contributed by atoms with Crippen LogP contribution in [0.5, 0.6) is 0 Å². The molecule has 1 aromatic heterocycles. The van der Waals surface area contributed by atoms with Crippen LogP contribution in [0.25, 0.3) is 0 Å². The predicted octanol–water partition coefficient (Wildman–Crippen LogP) is 3.09. The molecule has 0 saturated carbocycles. The molecule has 1 heterocycles. The van der Waals surface area contributed by atoms with E-state index in [4.69, 9.17) is 5.48 Å². The Kier molecular flexibility index (Phi) is 1.33. The van der Waals surface area contributed by atoms with Gasteiger partial charge in [0.15, 0.2) is 0 Å². The van der Waals surface area contributed by atoms with Gasteiger partial charge in [-0.25, -0.2) is 8.78 Å². The summed E-state index contributed by atoms with van der Waals surface area (Å²) in [7, 11) is 0. The smallest absolute Gasteiger partial charge is 0.255 e. The summed E-state index contributed by atoms with van der Waals surface area (Å²) in [6.45, 7) is -2.42. The van der Waals surface area contributed by atoms with Gasteiger partial charge in [0.05, 0.1) is 0 Å². The van der Waals surface area contributed by atoms with Crippen LogP contribution in [-0.4, -0.2) is 4.98 Å². The molecule has 0 aliphatic carbocycles. The number of nitrogens with zero attached hydrogens (tertiary/aromatic N) is 1. The standard InChI is InChI=1S/C7H6BrF2N/c1-4-3-11-6(7(9)10)2-5(4)8/h2-3,7H,1H3/i1D3,7D. The van der Waals surface area contributed by atoms with Gasteiger partial charge in [0, 0.05) is 14.8 Å². The summed E-state index contributed by atoms with van der Waals surface area (Å²) in [5, 5.41) is 0. The van der Waals surface area contributed by atoms with Crippen molar-refractivity contribution in [2.75, 3.05) is 0 Å². The Hall–Kier alpha value is -0.510. The van der Waals surface area contributed by atoms with E-state index in [1.54, 1.807) is 0 Å². The van der Waals surface area contributed by atoms with Crippen molar-refractivity contribution in [2.24, 2.45) is 0 Å². The van der Waals surface area contributed by atoms with Crippen molar-refractivity contribution in [2.45, 2.75) is 13.3 Å². The zero-order valence-corrected chi connectivity index (χ0v) is 6.82. The second-order valence-corrected chi connectivity index (χ2v) is 2.66. The third kappa shape index (κ3) is 1.96. The molecule has 60 valence electrons. The maximum Gasteiger partial charge on any atom is 0.280 e. The molecular formula is C7H6BrF2N. The first-order chi connectivity index (χ1) is 6.62. The second kappa shape index (κ2) is 3.26. The molecule has 0 N–H and O–H groups in total. The molecule has 0 radical (unpaired) electrons. The normalized spacial score (nSPS) is 18.1. The van der Waals surface area contributed by atoms with Crippen molar-refractivity contribution in [1.29, 1.82) is 0 Å². The second-order valence-electron chi connectivity index (χ2n) is 1.81. The molecule has 0 saturated heterocycles. The minimum Gasteiger partial charge on any atom is -0.255 e. The molecule has 0 atom stereocenters. The van der Waals surface area contributed by atoms with E-state index in [2.05, 4.69) is 20.9 Å². The molecule has 4 heteroatoms. The van der Waals surface area contributed by atoms with Gasteiger partial charge in [-0.1, -0.05) is 15.9 Å². The van der Waals surface area contributed by atoms with Gasteiger partial charge in [-0.3, -0.25) is 4.98 Å². The van der Waals surface area contributed by atoms with Crippen molar-refractivity contribution >= 4 is 15.9 Å². The van der Waals surface area contributed by atoms with Gasteiger partial charge in [-0.05, 0) is 18.5 Å². The molecule has 11 heavy (non-hydrogen) atoms. The third-order valence-electron chi connectivity index (χ3n) is 1.05. The largest absolute Gasteiger partial charge is 0.280 e. The summed E-state index contributed by atoms with van der Waals surface area (Å²) in [6.07, 6.45) is -3.00. The molecule has 0 fully saturated rings. The molecule has 0 spiro atoms. The van der Waals surface area contributed by atoms with Crippen molar-refractivity contribution in [3.63, 3.8) is 0 Å². The third-order valence-corrected chi connectivity index (χ3v) is 1.70. The van der Waals surface area contributed by atoms with Gasteiger partial charge in [0.2, 0.25) is 0 Å². The molecule has 0 bridgehead atoms. The molecule has 0 aromatic carbocycles. The average Bonchev–Trinajstić information content (AvgIpc) is 1.99. The molecule has 0 amide bonds. The quantitative estimate of drug-likeness (QED) is 0.716. The Morgan fingerprint density at radius 2 is 2.55 bits per heavy atom. The predicted molar refractivity (Wildman–Crippen MR) is 41.6 cm³/mol. The van der Waals surface area contributed by atoms with Gasteiger partial charge >= 0.3 is 0 Å². The number of alkyl halides is 2. The number of aryl methyl sites for hydroxylation is 1. The maximum absolute atomic E-state index is 12.5. The first kappa shape index (κ1) is 4.50. The van der Waals surface area contributed by atoms with E-state index in [9.17, 15) is 8.78 Å². The summed E-state index contributed by atoms with van der Waals surface area (Å²) in [4.78, 5) is 3.25.